The first-order chi connectivity index (χ1) is 10.7. The first-order valence-electron chi connectivity index (χ1n) is 7.81. The average Bonchev–Trinajstić information content (AvgIpc) is 2.99. The van der Waals surface area contributed by atoms with Crippen LogP contribution >= 0.6 is 0 Å². The van der Waals surface area contributed by atoms with Crippen molar-refractivity contribution in [1.29, 1.82) is 0 Å². The number of hydrogen-bond acceptors (Lipinski definition) is 6. The second-order valence-electron chi connectivity index (χ2n) is 6.91. The highest BCUT2D eigenvalue weighted by atomic mass is 16.6. The van der Waals surface area contributed by atoms with Crippen molar-refractivity contribution in [3.05, 3.63) is 23.8 Å². The Morgan fingerprint density at radius 3 is 2.87 bits per heavy atom. The van der Waals surface area contributed by atoms with E-state index >= 15 is 0 Å². The van der Waals surface area contributed by atoms with E-state index in [1.54, 1.807) is 0 Å². The van der Waals surface area contributed by atoms with Gasteiger partial charge < -0.3 is 19.3 Å². The van der Waals surface area contributed by atoms with Gasteiger partial charge in [-0.1, -0.05) is 12.2 Å². The quantitative estimate of drug-likeness (QED) is 0.339. The molecule has 6 heteroatoms. The number of hydrogen-bond donors (Lipinski definition) is 1. The summed E-state index contributed by atoms with van der Waals surface area (Å²) in [4.78, 5) is 23.1. The second-order valence-corrected chi connectivity index (χ2v) is 6.91. The highest BCUT2D eigenvalue weighted by Crippen LogP contribution is 2.48. The molecule has 1 N–H and O–H groups in total. The first-order valence-corrected chi connectivity index (χ1v) is 7.81. The van der Waals surface area contributed by atoms with Crippen LogP contribution in [0.4, 0.5) is 0 Å². The largest absolute Gasteiger partial charge is 0.458 e. The van der Waals surface area contributed by atoms with Gasteiger partial charge in [0.25, 0.3) is 0 Å². The molecule has 0 amide bonds. The second kappa shape index (κ2) is 5.46. The van der Waals surface area contributed by atoms with Crippen LogP contribution in [-0.2, 0) is 23.8 Å². The van der Waals surface area contributed by atoms with Gasteiger partial charge in [0.15, 0.2) is 0 Å². The summed E-state index contributed by atoms with van der Waals surface area (Å²) in [5.41, 5.74) is 0.637. The van der Waals surface area contributed by atoms with E-state index in [-0.39, 0.29) is 5.97 Å². The molecule has 0 bridgehead atoms. The fourth-order valence-electron chi connectivity index (χ4n) is 3.73. The lowest BCUT2D eigenvalue weighted by atomic mass is 9.81. The normalized spacial score (nSPS) is 45.2. The van der Waals surface area contributed by atoms with Crippen molar-refractivity contribution in [2.75, 3.05) is 0 Å². The third-order valence-electron chi connectivity index (χ3n) is 4.86. The zero-order valence-corrected chi connectivity index (χ0v) is 13.6. The van der Waals surface area contributed by atoms with Gasteiger partial charge in [-0.05, 0) is 19.9 Å². The van der Waals surface area contributed by atoms with E-state index in [0.717, 1.165) is 5.57 Å². The van der Waals surface area contributed by atoms with Gasteiger partial charge in [-0.15, -0.1) is 0 Å². The molecule has 2 aliphatic heterocycles. The van der Waals surface area contributed by atoms with E-state index in [2.05, 4.69) is 6.58 Å². The van der Waals surface area contributed by atoms with Gasteiger partial charge >= 0.3 is 11.9 Å². The van der Waals surface area contributed by atoms with Gasteiger partial charge in [-0.25, -0.2) is 4.79 Å². The maximum absolute atomic E-state index is 11.8. The molecule has 3 aliphatic rings. The van der Waals surface area contributed by atoms with E-state index in [4.69, 9.17) is 14.2 Å². The molecule has 0 radical (unpaired) electrons. The van der Waals surface area contributed by atoms with Crippen molar-refractivity contribution in [3.8, 4) is 0 Å². The summed E-state index contributed by atoms with van der Waals surface area (Å²) in [6.45, 7) is 8.90. The molecule has 1 aliphatic carbocycles. The Bertz CT molecular complexity index is 594. The Hall–Kier alpha value is -1.66. The van der Waals surface area contributed by atoms with Crippen molar-refractivity contribution in [3.63, 3.8) is 0 Å². The van der Waals surface area contributed by atoms with E-state index in [1.165, 1.54) is 6.92 Å². The summed E-state index contributed by atoms with van der Waals surface area (Å²) >= 11 is 0. The summed E-state index contributed by atoms with van der Waals surface area (Å²) in [7, 11) is 0. The average molecular weight is 322 g/mol. The van der Waals surface area contributed by atoms with E-state index < -0.39 is 41.9 Å². The maximum atomic E-state index is 11.8. The Labute approximate surface area is 135 Å². The molecule has 126 valence electrons. The molecule has 0 spiro atoms. The van der Waals surface area contributed by atoms with Crippen LogP contribution in [0.25, 0.3) is 0 Å². The van der Waals surface area contributed by atoms with Crippen LogP contribution < -0.4 is 0 Å². The smallest absolute Gasteiger partial charge is 0.334 e. The van der Waals surface area contributed by atoms with Crippen LogP contribution in [0.3, 0.4) is 0 Å². The molecule has 6 nitrogen and oxygen atoms in total. The SMILES string of the molecule is C=C1C(=O)O[C@H]2C/C(C)=C/[C@@H](OC(C)=O)C[C@@]3(C)O[C@@H]3[C@@H](O)[C@H]12. The lowest BCUT2D eigenvalue weighted by Crippen LogP contribution is -2.38. The zero-order chi connectivity index (χ0) is 16.9. The van der Waals surface area contributed by atoms with Crippen molar-refractivity contribution in [2.24, 2.45) is 5.92 Å². The van der Waals surface area contributed by atoms with Gasteiger partial charge in [0.05, 0.1) is 17.6 Å². The molecule has 0 unspecified atom stereocenters. The molecule has 6 atom stereocenters. The van der Waals surface area contributed by atoms with Gasteiger partial charge in [0, 0.05) is 25.3 Å². The highest BCUT2D eigenvalue weighted by Gasteiger charge is 2.61. The van der Waals surface area contributed by atoms with Crippen LogP contribution in [0, 0.1) is 5.92 Å². The van der Waals surface area contributed by atoms with Gasteiger partial charge in [-0.3, -0.25) is 4.79 Å². The molecule has 2 heterocycles. The molecule has 0 saturated carbocycles. The minimum Gasteiger partial charge on any atom is -0.458 e. The predicted octanol–water partition coefficient (Wildman–Crippen LogP) is 1.27. The summed E-state index contributed by atoms with van der Waals surface area (Å²) in [6.07, 6.45) is 0.615. The third-order valence-corrected chi connectivity index (χ3v) is 4.86. The van der Waals surface area contributed by atoms with Crippen LogP contribution in [0.15, 0.2) is 23.8 Å². The number of ether oxygens (including phenoxy) is 3. The monoisotopic (exact) mass is 322 g/mol. The number of rotatable bonds is 1. The predicted molar refractivity (Wildman–Crippen MR) is 80.3 cm³/mol. The van der Waals surface area contributed by atoms with Crippen molar-refractivity contribution in [1.82, 2.24) is 0 Å². The number of epoxide rings is 1. The lowest BCUT2D eigenvalue weighted by molar-refractivity contribution is -0.144. The van der Waals surface area contributed by atoms with Crippen LogP contribution in [-0.4, -0.2) is 47.1 Å². The van der Waals surface area contributed by atoms with Gasteiger partial charge in [-0.2, -0.15) is 0 Å². The number of carbonyl (C=O) groups is 2. The van der Waals surface area contributed by atoms with E-state index in [0.29, 0.717) is 18.4 Å². The highest BCUT2D eigenvalue weighted by molar-refractivity contribution is 5.91. The molecule has 0 aromatic heterocycles. The van der Waals surface area contributed by atoms with Crippen LogP contribution in [0.2, 0.25) is 0 Å². The molecule has 23 heavy (non-hydrogen) atoms. The minimum absolute atomic E-state index is 0.297. The molecule has 0 aromatic rings. The number of aliphatic hydroxyl groups excluding tert-OH is 1. The topological polar surface area (TPSA) is 85.4 Å². The maximum Gasteiger partial charge on any atom is 0.334 e. The van der Waals surface area contributed by atoms with Crippen LogP contribution in [0.5, 0.6) is 0 Å². The Balaban J connectivity index is 1.92. The first kappa shape index (κ1) is 16.2. The van der Waals surface area contributed by atoms with E-state index in [9.17, 15) is 14.7 Å². The number of aliphatic hydroxyl groups is 1. The minimum atomic E-state index is -0.868. The molecular weight excluding hydrogens is 300 g/mol. The number of carbonyl (C=O) groups excluding carboxylic acids is 2. The standard InChI is InChI=1S/C17H22O6/c1-8-5-11(21-10(3)18)7-17(4)15(23-17)14(19)13-9(2)16(20)22-12(13)6-8/h5,11-15,19H,2,6-7H2,1,3-4H3/b8-5+/t11-,12+,13-,14+,15-,17-/m1/s1. The Kier molecular flexibility index (Phi) is 3.84. The molecule has 0 aromatic carbocycles. The zero-order valence-electron chi connectivity index (χ0n) is 13.6. The van der Waals surface area contributed by atoms with Crippen molar-refractivity contribution in [2.45, 2.75) is 63.6 Å². The summed E-state index contributed by atoms with van der Waals surface area (Å²) in [6, 6.07) is 0. The summed E-state index contributed by atoms with van der Waals surface area (Å²) < 4.78 is 16.4. The Morgan fingerprint density at radius 2 is 2.22 bits per heavy atom. The number of fused-ring (bicyclic) bond motifs is 2. The van der Waals surface area contributed by atoms with Crippen molar-refractivity contribution < 1.29 is 28.9 Å². The molecule has 3 rings (SSSR count). The lowest BCUT2D eigenvalue weighted by Gasteiger charge is -2.26. The Morgan fingerprint density at radius 1 is 1.52 bits per heavy atom. The third kappa shape index (κ3) is 2.93. The number of esters is 2. The molecular formula is C17H22O6. The molecule has 2 saturated heterocycles. The van der Waals surface area contributed by atoms with Gasteiger partial charge in [0.2, 0.25) is 0 Å². The fraction of sp³-hybridized carbons (Fsp3) is 0.647. The molecule has 2 fully saturated rings. The summed E-state index contributed by atoms with van der Waals surface area (Å²) in [5.74, 6) is -1.30. The van der Waals surface area contributed by atoms with Crippen molar-refractivity contribution >= 4 is 11.9 Å². The van der Waals surface area contributed by atoms with E-state index in [1.807, 2.05) is 19.9 Å². The summed E-state index contributed by atoms with van der Waals surface area (Å²) in [5, 5.41) is 10.7. The van der Waals surface area contributed by atoms with Gasteiger partial charge in [0.1, 0.15) is 18.3 Å². The fourth-order valence-corrected chi connectivity index (χ4v) is 3.73. The van der Waals surface area contributed by atoms with Crippen LogP contribution in [0.1, 0.15) is 33.6 Å².